The molecular formula is C15H15ClFN5O4. The van der Waals surface area contributed by atoms with E-state index in [1.54, 1.807) is 0 Å². The fourth-order valence-corrected chi connectivity index (χ4v) is 2.38. The van der Waals surface area contributed by atoms with E-state index < -0.39 is 11.9 Å². The van der Waals surface area contributed by atoms with E-state index in [4.69, 9.17) is 26.8 Å². The molecule has 26 heavy (non-hydrogen) atoms. The summed E-state index contributed by atoms with van der Waals surface area (Å²) >= 11 is 5.71. The molecule has 2 N–H and O–H groups in total. The molecule has 3 rings (SSSR count). The number of nitrogens with two attached hydrogens (primary N) is 1. The van der Waals surface area contributed by atoms with Crippen LogP contribution in [0.15, 0.2) is 27.8 Å². The number of halogens is 2. The van der Waals surface area contributed by atoms with Crippen LogP contribution in [-0.4, -0.2) is 53.4 Å². The first-order valence-corrected chi connectivity index (χ1v) is 8.03. The highest BCUT2D eigenvalue weighted by molar-refractivity contribution is 6.31. The molecule has 2 heterocycles. The maximum Gasteiger partial charge on any atom is 0.410 e. The van der Waals surface area contributed by atoms with Gasteiger partial charge >= 0.3 is 6.09 Å². The van der Waals surface area contributed by atoms with E-state index in [-0.39, 0.29) is 28.9 Å². The highest BCUT2D eigenvalue weighted by atomic mass is 35.5. The number of hydrogen-bond acceptors (Lipinski definition) is 7. The Morgan fingerprint density at radius 1 is 1.38 bits per heavy atom. The minimum Gasteiger partial charge on any atom is -0.443 e. The summed E-state index contributed by atoms with van der Waals surface area (Å²) in [5.41, 5.74) is 6.55. The molecule has 0 atom stereocenters. The third-order valence-corrected chi connectivity index (χ3v) is 3.84. The predicted octanol–water partition coefficient (Wildman–Crippen LogP) is 1.87. The van der Waals surface area contributed by atoms with Crippen LogP contribution in [0.2, 0.25) is 5.02 Å². The van der Waals surface area contributed by atoms with Crippen LogP contribution in [0.1, 0.15) is 11.4 Å². The van der Waals surface area contributed by atoms with E-state index in [1.165, 1.54) is 23.1 Å². The monoisotopic (exact) mass is 383 g/mol. The predicted molar refractivity (Wildman–Crippen MR) is 88.7 cm³/mol. The summed E-state index contributed by atoms with van der Waals surface area (Å²) in [6, 6.07) is 3.88. The van der Waals surface area contributed by atoms with Gasteiger partial charge in [-0.1, -0.05) is 16.8 Å². The van der Waals surface area contributed by atoms with Crippen LogP contribution in [0.4, 0.5) is 14.9 Å². The number of morpholine rings is 1. The van der Waals surface area contributed by atoms with E-state index >= 15 is 0 Å². The molecule has 1 aromatic heterocycles. The van der Waals surface area contributed by atoms with Crippen molar-refractivity contribution in [2.24, 2.45) is 10.7 Å². The summed E-state index contributed by atoms with van der Waals surface area (Å²) in [7, 11) is 0. The smallest absolute Gasteiger partial charge is 0.410 e. The van der Waals surface area contributed by atoms with E-state index in [2.05, 4.69) is 19.9 Å². The minimum atomic E-state index is -0.567. The third-order valence-electron chi connectivity index (χ3n) is 3.55. The molecule has 1 amide bonds. The fourth-order valence-electron chi connectivity index (χ4n) is 2.21. The second-order valence-corrected chi connectivity index (χ2v) is 5.72. The van der Waals surface area contributed by atoms with Crippen LogP contribution in [0, 0.1) is 5.82 Å². The average molecular weight is 384 g/mol. The second kappa shape index (κ2) is 8.11. The summed E-state index contributed by atoms with van der Waals surface area (Å²) in [5, 5.41) is 7.26. The summed E-state index contributed by atoms with van der Waals surface area (Å²) in [6.45, 7) is 1.65. The van der Waals surface area contributed by atoms with Crippen molar-refractivity contribution in [2.75, 3.05) is 26.3 Å². The molecule has 1 aliphatic rings. The van der Waals surface area contributed by atoms with Crippen molar-refractivity contribution in [2.45, 2.75) is 6.61 Å². The number of aliphatic imine (C=N–C) groups is 1. The molecule has 1 saturated heterocycles. The van der Waals surface area contributed by atoms with Gasteiger partial charge in [-0.15, -0.1) is 0 Å². The molecule has 1 aromatic carbocycles. The topological polar surface area (TPSA) is 116 Å². The maximum absolute atomic E-state index is 13.2. The first kappa shape index (κ1) is 18.1. The zero-order valence-electron chi connectivity index (χ0n) is 13.5. The van der Waals surface area contributed by atoms with Crippen molar-refractivity contribution in [1.29, 1.82) is 0 Å². The van der Waals surface area contributed by atoms with Crippen molar-refractivity contribution in [1.82, 2.24) is 15.2 Å². The van der Waals surface area contributed by atoms with Crippen LogP contribution in [0.3, 0.4) is 0 Å². The Labute approximate surface area is 152 Å². The average Bonchev–Trinajstić information content (AvgIpc) is 3.12. The number of nitrogens with zero attached hydrogens (tertiary/aromatic N) is 4. The van der Waals surface area contributed by atoms with Crippen molar-refractivity contribution in [3.05, 3.63) is 40.4 Å². The number of amidine groups is 1. The zero-order chi connectivity index (χ0) is 18.5. The summed E-state index contributed by atoms with van der Waals surface area (Å²) in [6.07, 6.45) is -0.497. The minimum absolute atomic E-state index is 0.0358. The lowest BCUT2D eigenvalue weighted by atomic mass is 10.3. The molecule has 138 valence electrons. The Morgan fingerprint density at radius 3 is 2.88 bits per heavy atom. The van der Waals surface area contributed by atoms with Gasteiger partial charge in [-0.2, -0.15) is 0 Å². The molecule has 11 heteroatoms. The van der Waals surface area contributed by atoms with Gasteiger partial charge in [-0.25, -0.2) is 18.8 Å². The fraction of sp³-hybridized carbons (Fsp3) is 0.333. The number of benzene rings is 1. The van der Waals surface area contributed by atoms with Gasteiger partial charge in [0.05, 0.1) is 23.9 Å². The Hall–Kier alpha value is -2.72. The van der Waals surface area contributed by atoms with Gasteiger partial charge in [-0.05, 0) is 23.4 Å². The van der Waals surface area contributed by atoms with E-state index in [1.807, 2.05) is 0 Å². The molecule has 1 fully saturated rings. The normalized spacial score (nSPS) is 15.2. The molecule has 0 bridgehead atoms. The lowest BCUT2D eigenvalue weighted by Crippen LogP contribution is -2.41. The Morgan fingerprint density at radius 2 is 2.15 bits per heavy atom. The van der Waals surface area contributed by atoms with Gasteiger partial charge in [-0.3, -0.25) is 0 Å². The first-order chi connectivity index (χ1) is 12.5. The number of rotatable bonds is 4. The Kier molecular flexibility index (Phi) is 5.64. The third kappa shape index (κ3) is 4.27. The first-order valence-electron chi connectivity index (χ1n) is 7.65. The largest absolute Gasteiger partial charge is 0.443 e. The molecule has 0 radical (unpaired) electrons. The van der Waals surface area contributed by atoms with E-state index in [0.717, 1.165) is 0 Å². The summed E-state index contributed by atoms with van der Waals surface area (Å²) in [4.78, 5) is 17.6. The summed E-state index contributed by atoms with van der Waals surface area (Å²) < 4.78 is 28.2. The molecular weight excluding hydrogens is 369 g/mol. The van der Waals surface area contributed by atoms with Gasteiger partial charge in [0.2, 0.25) is 0 Å². The summed E-state index contributed by atoms with van der Waals surface area (Å²) in [5.74, 6) is -0.602. The van der Waals surface area contributed by atoms with Crippen molar-refractivity contribution < 1.29 is 23.3 Å². The van der Waals surface area contributed by atoms with Crippen molar-refractivity contribution in [3.8, 4) is 0 Å². The van der Waals surface area contributed by atoms with Gasteiger partial charge in [0.1, 0.15) is 12.4 Å². The Bertz CT molecular complexity index is 822. The van der Waals surface area contributed by atoms with Crippen LogP contribution in [0.5, 0.6) is 0 Å². The maximum atomic E-state index is 13.2. The standard InChI is InChI=1S/C15H15ClFN5O4/c16-10-7-9(1-2-11(10)17)19-14(18)13-12(20-26-21-13)8-25-15(23)22-3-5-24-6-4-22/h1-2,7H,3-6,8H2,(H2,18,19). The molecule has 2 aromatic rings. The van der Waals surface area contributed by atoms with Gasteiger partial charge in [0.15, 0.2) is 17.2 Å². The molecule has 0 unspecified atom stereocenters. The van der Waals surface area contributed by atoms with Crippen LogP contribution in [0.25, 0.3) is 0 Å². The number of carbonyl (C=O) groups excluding carboxylic acids is 1. The number of hydrogen-bond donors (Lipinski definition) is 1. The molecule has 1 aliphatic heterocycles. The van der Waals surface area contributed by atoms with Crippen LogP contribution >= 0.6 is 11.6 Å². The Balaban J connectivity index is 1.68. The van der Waals surface area contributed by atoms with Gasteiger partial charge in [0, 0.05) is 13.1 Å². The number of amides is 1. The van der Waals surface area contributed by atoms with Crippen molar-refractivity contribution >= 4 is 29.2 Å². The highest BCUT2D eigenvalue weighted by Crippen LogP contribution is 2.22. The van der Waals surface area contributed by atoms with Gasteiger partial charge < -0.3 is 20.1 Å². The molecule has 9 nitrogen and oxygen atoms in total. The zero-order valence-corrected chi connectivity index (χ0v) is 14.3. The van der Waals surface area contributed by atoms with Crippen LogP contribution in [-0.2, 0) is 16.1 Å². The number of aromatic nitrogens is 2. The molecule has 0 aliphatic carbocycles. The quantitative estimate of drug-likeness (QED) is 0.632. The second-order valence-electron chi connectivity index (χ2n) is 5.31. The molecule has 0 spiro atoms. The van der Waals surface area contributed by atoms with E-state index in [9.17, 15) is 9.18 Å². The lowest BCUT2D eigenvalue weighted by molar-refractivity contribution is 0.0244. The SMILES string of the molecule is NC(=Nc1ccc(F)c(Cl)c1)c1nonc1COC(=O)N1CCOCC1. The molecule has 0 saturated carbocycles. The van der Waals surface area contributed by atoms with Crippen LogP contribution < -0.4 is 5.73 Å². The highest BCUT2D eigenvalue weighted by Gasteiger charge is 2.21. The number of ether oxygens (including phenoxy) is 2. The lowest BCUT2D eigenvalue weighted by Gasteiger charge is -2.25. The van der Waals surface area contributed by atoms with Gasteiger partial charge in [0.25, 0.3) is 0 Å². The van der Waals surface area contributed by atoms with E-state index in [0.29, 0.717) is 32.0 Å². The van der Waals surface area contributed by atoms with Crippen molar-refractivity contribution in [3.63, 3.8) is 0 Å². The number of carbonyl (C=O) groups is 1.